The summed E-state index contributed by atoms with van der Waals surface area (Å²) in [6.45, 7) is 5.37. The van der Waals surface area contributed by atoms with Gasteiger partial charge in [0, 0.05) is 33.2 Å². The van der Waals surface area contributed by atoms with Crippen molar-refractivity contribution < 1.29 is 18.0 Å². The van der Waals surface area contributed by atoms with E-state index in [4.69, 9.17) is 0 Å². The first-order valence-corrected chi connectivity index (χ1v) is 10.3. The maximum Gasteiger partial charge on any atom is 0.416 e. The van der Waals surface area contributed by atoms with Crippen molar-refractivity contribution in [2.75, 3.05) is 40.3 Å². The number of hydrogen-bond donors (Lipinski definition) is 2. The summed E-state index contributed by atoms with van der Waals surface area (Å²) < 4.78 is 38.8. The molecule has 176 valence electrons. The van der Waals surface area contributed by atoms with E-state index in [1.807, 2.05) is 0 Å². The van der Waals surface area contributed by atoms with Crippen LogP contribution in [-0.4, -0.2) is 68.0 Å². The van der Waals surface area contributed by atoms with E-state index in [0.717, 1.165) is 51.0 Å². The first-order chi connectivity index (χ1) is 14.2. The number of aliphatic imine (C=N–C) groups is 1. The Morgan fingerprint density at radius 2 is 1.94 bits per heavy atom. The topological polar surface area (TPSA) is 60.0 Å². The van der Waals surface area contributed by atoms with Crippen LogP contribution in [0.15, 0.2) is 29.3 Å². The molecule has 0 spiro atoms. The van der Waals surface area contributed by atoms with Crippen molar-refractivity contribution in [3.8, 4) is 0 Å². The highest BCUT2D eigenvalue weighted by Crippen LogP contribution is 2.29. The van der Waals surface area contributed by atoms with Gasteiger partial charge in [0.1, 0.15) is 0 Å². The number of alkyl halides is 3. The minimum absolute atomic E-state index is 0. The van der Waals surface area contributed by atoms with Crippen LogP contribution in [0.25, 0.3) is 0 Å². The molecule has 1 aromatic carbocycles. The number of halogens is 4. The molecule has 2 N–H and O–H groups in total. The molecule has 1 saturated heterocycles. The molecule has 0 unspecified atom stereocenters. The second-order valence-electron chi connectivity index (χ2n) is 7.76. The Labute approximate surface area is 199 Å². The fraction of sp³-hybridized carbons (Fsp3) is 0.619. The largest absolute Gasteiger partial charge is 0.416 e. The molecular formula is C21H33F3IN5O. The Balaban J connectivity index is 0.00000480. The third-order valence-electron chi connectivity index (χ3n) is 5.05. The van der Waals surface area contributed by atoms with Crippen LogP contribution < -0.4 is 10.6 Å². The number of guanidine groups is 1. The van der Waals surface area contributed by atoms with E-state index in [-0.39, 0.29) is 49.0 Å². The molecule has 0 bridgehead atoms. The lowest BCUT2D eigenvalue weighted by atomic mass is 10.1. The molecule has 31 heavy (non-hydrogen) atoms. The molecule has 1 aliphatic rings. The van der Waals surface area contributed by atoms with Crippen LogP contribution in [0.2, 0.25) is 0 Å². The number of nitrogens with zero attached hydrogens (tertiary/aromatic N) is 3. The molecular weight excluding hydrogens is 522 g/mol. The molecule has 0 saturated carbocycles. The number of nitrogens with one attached hydrogen (secondary N) is 2. The minimum atomic E-state index is -4.39. The highest BCUT2D eigenvalue weighted by Gasteiger charge is 2.30. The van der Waals surface area contributed by atoms with Crippen LogP contribution in [0.3, 0.4) is 0 Å². The molecule has 1 amide bonds. The van der Waals surface area contributed by atoms with Crippen molar-refractivity contribution in [2.24, 2.45) is 4.99 Å². The number of hydrogen-bond acceptors (Lipinski definition) is 3. The van der Waals surface area contributed by atoms with Crippen molar-refractivity contribution in [3.63, 3.8) is 0 Å². The van der Waals surface area contributed by atoms with E-state index >= 15 is 0 Å². The maximum absolute atomic E-state index is 12.9. The Morgan fingerprint density at radius 3 is 2.52 bits per heavy atom. The summed E-state index contributed by atoms with van der Waals surface area (Å²) in [7, 11) is 3.33. The van der Waals surface area contributed by atoms with Crippen LogP contribution in [0.5, 0.6) is 0 Å². The van der Waals surface area contributed by atoms with Gasteiger partial charge in [0.2, 0.25) is 5.91 Å². The number of likely N-dealkylation sites (N-methyl/N-ethyl adjacent to an activating group) is 1. The third-order valence-corrected chi connectivity index (χ3v) is 5.05. The second kappa shape index (κ2) is 13.1. The van der Waals surface area contributed by atoms with Crippen LogP contribution >= 0.6 is 24.0 Å². The van der Waals surface area contributed by atoms with Gasteiger partial charge in [-0.15, -0.1) is 24.0 Å². The van der Waals surface area contributed by atoms with Gasteiger partial charge in [0.15, 0.2) is 5.96 Å². The summed E-state index contributed by atoms with van der Waals surface area (Å²) in [6, 6.07) is 5.36. The van der Waals surface area contributed by atoms with Gasteiger partial charge in [-0.2, -0.15) is 13.2 Å². The van der Waals surface area contributed by atoms with Crippen molar-refractivity contribution in [3.05, 3.63) is 35.4 Å². The molecule has 0 atom stereocenters. The van der Waals surface area contributed by atoms with Crippen LogP contribution in [0.1, 0.15) is 37.3 Å². The third kappa shape index (κ3) is 9.63. The van der Waals surface area contributed by atoms with Gasteiger partial charge >= 0.3 is 6.18 Å². The summed E-state index contributed by atoms with van der Waals surface area (Å²) in [5.74, 6) is 0.331. The summed E-state index contributed by atoms with van der Waals surface area (Å²) in [6.07, 6.45) is -1.36. The molecule has 2 rings (SSSR count). The fourth-order valence-electron chi connectivity index (χ4n) is 3.30. The van der Waals surface area contributed by atoms with E-state index in [2.05, 4.69) is 27.4 Å². The lowest BCUT2D eigenvalue weighted by Crippen LogP contribution is -2.50. The number of likely N-dealkylation sites (tertiary alicyclic amines) is 1. The number of benzene rings is 1. The van der Waals surface area contributed by atoms with Crippen molar-refractivity contribution >= 4 is 35.8 Å². The molecule has 1 aliphatic heterocycles. The molecule has 1 heterocycles. The standard InChI is InChI=1S/C21H32F3N5O.HI/c1-4-10-29-11-8-18(9-12-29)27-20(26-15-19(30)28(2)3)25-14-16-6-5-7-17(13-16)21(22,23)24;/h5-7,13,18H,4,8-12,14-15H2,1-3H3,(H2,25,26,27);1H. The first kappa shape index (κ1) is 27.5. The molecule has 1 aromatic rings. The lowest BCUT2D eigenvalue weighted by molar-refractivity contribution is -0.137. The van der Waals surface area contributed by atoms with E-state index in [9.17, 15) is 18.0 Å². The zero-order valence-electron chi connectivity index (χ0n) is 18.3. The zero-order valence-corrected chi connectivity index (χ0v) is 20.7. The van der Waals surface area contributed by atoms with Crippen LogP contribution in [0, 0.1) is 0 Å². The van der Waals surface area contributed by atoms with E-state index in [0.29, 0.717) is 11.5 Å². The van der Waals surface area contributed by atoms with Crippen LogP contribution in [-0.2, 0) is 17.5 Å². The monoisotopic (exact) mass is 555 g/mol. The average Bonchev–Trinajstić information content (AvgIpc) is 2.70. The number of carbonyl (C=O) groups is 1. The Bertz CT molecular complexity index is 719. The maximum atomic E-state index is 12.9. The SMILES string of the molecule is CCCN1CCC(NC(=NCc2cccc(C(F)(F)F)c2)NCC(=O)N(C)C)CC1.I. The molecule has 1 fully saturated rings. The summed E-state index contributed by atoms with van der Waals surface area (Å²) in [5.41, 5.74) is -0.230. The van der Waals surface area contributed by atoms with Gasteiger partial charge in [0.05, 0.1) is 18.7 Å². The number of piperidine rings is 1. The highest BCUT2D eigenvalue weighted by atomic mass is 127. The number of rotatable bonds is 7. The second-order valence-corrected chi connectivity index (χ2v) is 7.76. The van der Waals surface area contributed by atoms with Gasteiger partial charge < -0.3 is 20.4 Å². The lowest BCUT2D eigenvalue weighted by Gasteiger charge is -2.32. The Hall–Kier alpha value is -1.56. The molecule has 10 heteroatoms. The minimum Gasteiger partial charge on any atom is -0.354 e. The number of carbonyl (C=O) groups excluding carboxylic acids is 1. The number of amides is 1. The van der Waals surface area contributed by atoms with Gasteiger partial charge in [-0.3, -0.25) is 4.79 Å². The quantitative estimate of drug-likeness (QED) is 0.308. The molecule has 0 radical (unpaired) electrons. The molecule has 0 aliphatic carbocycles. The smallest absolute Gasteiger partial charge is 0.354 e. The van der Waals surface area contributed by atoms with Crippen LogP contribution in [0.4, 0.5) is 13.2 Å². The normalized spacial score (nSPS) is 15.9. The first-order valence-electron chi connectivity index (χ1n) is 10.3. The molecule has 0 aromatic heterocycles. The average molecular weight is 555 g/mol. The Morgan fingerprint density at radius 1 is 1.26 bits per heavy atom. The predicted molar refractivity (Wildman–Crippen MR) is 128 cm³/mol. The summed E-state index contributed by atoms with van der Waals surface area (Å²) in [4.78, 5) is 20.3. The van der Waals surface area contributed by atoms with Crippen molar-refractivity contribution in [1.29, 1.82) is 0 Å². The van der Waals surface area contributed by atoms with E-state index in [1.165, 1.54) is 11.0 Å². The van der Waals surface area contributed by atoms with Crippen molar-refractivity contribution in [2.45, 2.75) is 44.9 Å². The molecule has 6 nitrogen and oxygen atoms in total. The van der Waals surface area contributed by atoms with Gasteiger partial charge in [-0.1, -0.05) is 19.1 Å². The van der Waals surface area contributed by atoms with Gasteiger partial charge in [-0.25, -0.2) is 4.99 Å². The highest BCUT2D eigenvalue weighted by molar-refractivity contribution is 14.0. The fourth-order valence-corrected chi connectivity index (χ4v) is 3.30. The van der Waals surface area contributed by atoms with Gasteiger partial charge in [-0.05, 0) is 43.5 Å². The predicted octanol–water partition coefficient (Wildman–Crippen LogP) is 3.32. The summed E-state index contributed by atoms with van der Waals surface area (Å²) in [5, 5.41) is 6.36. The van der Waals surface area contributed by atoms with Crippen molar-refractivity contribution in [1.82, 2.24) is 20.4 Å². The summed E-state index contributed by atoms with van der Waals surface area (Å²) >= 11 is 0. The zero-order chi connectivity index (χ0) is 22.1. The van der Waals surface area contributed by atoms with Gasteiger partial charge in [0.25, 0.3) is 0 Å². The van der Waals surface area contributed by atoms with E-state index < -0.39 is 11.7 Å². The van der Waals surface area contributed by atoms with E-state index in [1.54, 1.807) is 20.2 Å². The Kier molecular flexibility index (Phi) is 11.6.